The Kier molecular flexibility index (Phi) is 7.04. The molecule has 2 saturated heterocycles. The molecule has 184 valence electrons. The number of alkyl halides is 3. The van der Waals surface area contributed by atoms with Crippen molar-refractivity contribution in [1.82, 2.24) is 9.29 Å². The lowest BCUT2D eigenvalue weighted by Gasteiger charge is -2.41. The Hall–Kier alpha value is -2.03. The molecule has 1 spiro atoms. The van der Waals surface area contributed by atoms with Gasteiger partial charge in [0.2, 0.25) is 5.91 Å². The fourth-order valence-corrected chi connectivity index (χ4v) is 7.37. The molecule has 34 heavy (non-hydrogen) atoms. The number of nitrogens with zero attached hydrogens (tertiary/aromatic N) is 3. The largest absolute Gasteiger partial charge is 0.389 e. The number of halogens is 4. The Morgan fingerprint density at radius 3 is 2.35 bits per heavy atom. The SMILES string of the molecule is C=S(=C)(c1ccccc1Cl)N1CCC2(CCN(c3ccc(CCCC(F)(F)F)nc3)C2=O)CC1. The maximum absolute atomic E-state index is 13.4. The second-order valence-corrected chi connectivity index (χ2v) is 12.2. The van der Waals surface area contributed by atoms with Gasteiger partial charge in [-0.1, -0.05) is 35.5 Å². The Morgan fingerprint density at radius 1 is 1.06 bits per heavy atom. The first-order chi connectivity index (χ1) is 16.0. The summed E-state index contributed by atoms with van der Waals surface area (Å²) < 4.78 is 39.3. The van der Waals surface area contributed by atoms with Crippen molar-refractivity contribution in [2.45, 2.75) is 49.6 Å². The summed E-state index contributed by atoms with van der Waals surface area (Å²) in [6.45, 7) is 2.07. The first-order valence-electron chi connectivity index (χ1n) is 11.3. The van der Waals surface area contributed by atoms with E-state index in [4.69, 9.17) is 11.6 Å². The second-order valence-electron chi connectivity index (χ2n) is 9.17. The van der Waals surface area contributed by atoms with Gasteiger partial charge in [-0.2, -0.15) is 13.2 Å². The lowest BCUT2D eigenvalue weighted by molar-refractivity contribution is -0.135. The number of carbonyl (C=O) groups is 1. The van der Waals surface area contributed by atoms with Crippen LogP contribution in [-0.4, -0.2) is 52.7 Å². The molecule has 2 fully saturated rings. The number of hydrogen-bond acceptors (Lipinski definition) is 3. The minimum absolute atomic E-state index is 0.00828. The molecule has 0 N–H and O–H groups in total. The fourth-order valence-electron chi connectivity index (χ4n) is 4.88. The molecule has 0 radical (unpaired) electrons. The number of amides is 1. The zero-order valence-electron chi connectivity index (χ0n) is 19.0. The zero-order chi connectivity index (χ0) is 24.6. The molecule has 0 bridgehead atoms. The van der Waals surface area contributed by atoms with Gasteiger partial charge < -0.3 is 4.90 Å². The Bertz CT molecular complexity index is 1140. The topological polar surface area (TPSA) is 36.4 Å². The minimum atomic E-state index is -4.15. The van der Waals surface area contributed by atoms with Crippen LogP contribution in [0.25, 0.3) is 0 Å². The van der Waals surface area contributed by atoms with Gasteiger partial charge in [0.25, 0.3) is 0 Å². The normalized spacial score (nSPS) is 19.2. The van der Waals surface area contributed by atoms with E-state index >= 15 is 0 Å². The lowest BCUT2D eigenvalue weighted by atomic mass is 9.77. The van der Waals surface area contributed by atoms with Crippen LogP contribution in [0.4, 0.5) is 18.9 Å². The van der Waals surface area contributed by atoms with Crippen LogP contribution in [0.2, 0.25) is 5.02 Å². The summed E-state index contributed by atoms with van der Waals surface area (Å²) in [6.07, 6.45) is -0.857. The maximum atomic E-state index is 13.4. The molecular weight excluding hydrogens is 483 g/mol. The summed E-state index contributed by atoms with van der Waals surface area (Å²) in [7, 11) is -1.75. The number of benzene rings is 1. The molecule has 2 aliphatic rings. The zero-order valence-corrected chi connectivity index (χ0v) is 20.6. The van der Waals surface area contributed by atoms with Gasteiger partial charge in [0.1, 0.15) is 0 Å². The third-order valence-corrected chi connectivity index (χ3v) is 9.92. The number of rotatable bonds is 6. The van der Waals surface area contributed by atoms with Crippen molar-refractivity contribution in [1.29, 1.82) is 0 Å². The van der Waals surface area contributed by atoms with E-state index in [0.29, 0.717) is 22.9 Å². The summed E-state index contributed by atoms with van der Waals surface area (Å²) in [4.78, 5) is 20.5. The van der Waals surface area contributed by atoms with Crippen LogP contribution in [0, 0.1) is 5.41 Å². The number of anilines is 1. The molecule has 0 saturated carbocycles. The molecule has 4 rings (SSSR count). The molecule has 2 aromatic rings. The van der Waals surface area contributed by atoms with E-state index in [1.165, 1.54) is 0 Å². The van der Waals surface area contributed by atoms with E-state index in [1.807, 2.05) is 24.3 Å². The first-order valence-corrected chi connectivity index (χ1v) is 13.7. The highest BCUT2D eigenvalue weighted by molar-refractivity contribution is 8.25. The molecule has 1 aromatic carbocycles. The lowest BCUT2D eigenvalue weighted by Crippen LogP contribution is -2.43. The summed E-state index contributed by atoms with van der Waals surface area (Å²) in [6, 6.07) is 11.2. The van der Waals surface area contributed by atoms with Gasteiger partial charge in [-0.25, -0.2) is 0 Å². The molecular formula is C25H29ClF3N3OS. The number of pyridine rings is 1. The van der Waals surface area contributed by atoms with Crippen LogP contribution >= 0.6 is 21.0 Å². The van der Waals surface area contributed by atoms with E-state index in [9.17, 15) is 18.0 Å². The third kappa shape index (κ3) is 5.14. The highest BCUT2D eigenvalue weighted by atomic mass is 35.5. The van der Waals surface area contributed by atoms with Crippen molar-refractivity contribution in [2.75, 3.05) is 24.5 Å². The number of hydrogen-bond donors (Lipinski definition) is 0. The first kappa shape index (κ1) is 25.1. The predicted octanol–water partition coefficient (Wildman–Crippen LogP) is 6.08. The molecule has 9 heteroatoms. The average molecular weight is 512 g/mol. The highest BCUT2D eigenvalue weighted by Crippen LogP contribution is 2.48. The molecule has 0 unspecified atom stereocenters. The average Bonchev–Trinajstić information content (AvgIpc) is 3.09. The van der Waals surface area contributed by atoms with E-state index in [0.717, 1.165) is 37.2 Å². The van der Waals surface area contributed by atoms with Crippen molar-refractivity contribution in [3.05, 3.63) is 53.3 Å². The highest BCUT2D eigenvalue weighted by Gasteiger charge is 2.49. The van der Waals surface area contributed by atoms with E-state index < -0.39 is 27.4 Å². The van der Waals surface area contributed by atoms with E-state index in [2.05, 4.69) is 21.0 Å². The predicted molar refractivity (Wildman–Crippen MR) is 135 cm³/mol. The van der Waals surface area contributed by atoms with E-state index in [-0.39, 0.29) is 18.7 Å². The van der Waals surface area contributed by atoms with Gasteiger partial charge in [0.05, 0.1) is 22.3 Å². The summed E-state index contributed by atoms with van der Waals surface area (Å²) in [5, 5.41) is 0.667. The van der Waals surface area contributed by atoms with Crippen LogP contribution in [-0.2, 0) is 11.2 Å². The number of carbonyl (C=O) groups excluding carboxylic acids is 1. The van der Waals surface area contributed by atoms with Crippen molar-refractivity contribution < 1.29 is 18.0 Å². The molecule has 2 aliphatic heterocycles. The Morgan fingerprint density at radius 2 is 1.74 bits per heavy atom. The Labute approximate surface area is 204 Å². The molecule has 3 heterocycles. The third-order valence-electron chi connectivity index (χ3n) is 6.95. The second kappa shape index (κ2) is 9.55. The molecule has 0 aliphatic carbocycles. The van der Waals surface area contributed by atoms with Crippen molar-refractivity contribution in [3.8, 4) is 0 Å². The van der Waals surface area contributed by atoms with Crippen LogP contribution in [0.15, 0.2) is 47.5 Å². The van der Waals surface area contributed by atoms with Crippen molar-refractivity contribution >= 4 is 44.3 Å². The number of aromatic nitrogens is 1. The molecule has 4 nitrogen and oxygen atoms in total. The summed E-state index contributed by atoms with van der Waals surface area (Å²) in [5.74, 6) is 8.93. The van der Waals surface area contributed by atoms with E-state index in [1.54, 1.807) is 23.2 Å². The smallest absolute Gasteiger partial charge is 0.310 e. The van der Waals surface area contributed by atoms with Crippen LogP contribution in [0.1, 0.15) is 37.8 Å². The fraction of sp³-hybridized carbons (Fsp3) is 0.440. The number of piperidine rings is 1. The van der Waals surface area contributed by atoms with Crippen LogP contribution in [0.5, 0.6) is 0 Å². The van der Waals surface area contributed by atoms with Gasteiger partial charge in [0, 0.05) is 36.6 Å². The van der Waals surface area contributed by atoms with Gasteiger partial charge in [-0.05, 0) is 56.4 Å². The molecule has 1 aromatic heterocycles. The van der Waals surface area contributed by atoms with Crippen LogP contribution in [0.3, 0.4) is 0 Å². The monoisotopic (exact) mass is 511 g/mol. The van der Waals surface area contributed by atoms with Gasteiger partial charge in [-0.15, -0.1) is 9.39 Å². The van der Waals surface area contributed by atoms with Gasteiger partial charge in [0.15, 0.2) is 0 Å². The molecule has 1 amide bonds. The van der Waals surface area contributed by atoms with Crippen molar-refractivity contribution in [2.24, 2.45) is 5.41 Å². The quantitative estimate of drug-likeness (QED) is 0.441. The molecule has 0 atom stereocenters. The van der Waals surface area contributed by atoms with Crippen molar-refractivity contribution in [3.63, 3.8) is 0 Å². The Balaban J connectivity index is 1.39. The minimum Gasteiger partial charge on any atom is -0.310 e. The number of aryl methyl sites for hydroxylation is 1. The standard InChI is InChI=1S/C25H29ClF3N3OS/c1-34(2,22-8-4-3-7-21(22)26)31-15-12-24(13-16-31)14-17-32(23(24)33)20-10-9-19(30-18-20)6-5-11-25(27,28)29/h3-4,7-10,18H,1-2,5-6,11-17H2. The van der Waals surface area contributed by atoms with Gasteiger partial charge in [-0.3, -0.25) is 14.1 Å². The maximum Gasteiger partial charge on any atom is 0.389 e. The summed E-state index contributed by atoms with van der Waals surface area (Å²) in [5.41, 5.74) is 0.902. The van der Waals surface area contributed by atoms with Crippen LogP contribution < -0.4 is 4.90 Å². The summed E-state index contributed by atoms with van der Waals surface area (Å²) >= 11 is 6.42. The van der Waals surface area contributed by atoms with Gasteiger partial charge >= 0.3 is 6.18 Å².